The molecule has 0 unspecified atom stereocenters. The topological polar surface area (TPSA) is 115 Å². The lowest BCUT2D eigenvalue weighted by Gasteiger charge is -2.10. The summed E-state index contributed by atoms with van der Waals surface area (Å²) in [5.74, 6) is -1.10. The van der Waals surface area contributed by atoms with Crippen LogP contribution >= 0.6 is 11.6 Å². The number of benzene rings is 1. The van der Waals surface area contributed by atoms with Gasteiger partial charge in [0.25, 0.3) is 0 Å². The molecule has 2 heterocycles. The van der Waals surface area contributed by atoms with Gasteiger partial charge in [-0.15, -0.1) is 0 Å². The molecule has 0 saturated carbocycles. The Balaban J connectivity index is 2.11. The van der Waals surface area contributed by atoms with Crippen LogP contribution in [-0.4, -0.2) is 38.8 Å². The van der Waals surface area contributed by atoms with Crippen LogP contribution in [0.3, 0.4) is 0 Å². The Bertz CT molecular complexity index is 935. The van der Waals surface area contributed by atoms with Gasteiger partial charge < -0.3 is 15.4 Å². The molecule has 1 aromatic carbocycles. The lowest BCUT2D eigenvalue weighted by Crippen LogP contribution is -2.09. The molecular weight excluding hydrogens is 318 g/mol. The van der Waals surface area contributed by atoms with Crippen LogP contribution < -0.4 is 5.32 Å². The summed E-state index contributed by atoms with van der Waals surface area (Å²) in [5, 5.41) is 21.0. The molecule has 23 heavy (non-hydrogen) atoms. The highest BCUT2D eigenvalue weighted by atomic mass is 35.5. The SMILES string of the molecule is CNc1cc(Cl)ccc1C(=N)c1cnc2[nH]cc(C(=O)O)c2n1. The second-order valence-corrected chi connectivity index (χ2v) is 5.21. The van der Waals surface area contributed by atoms with Crippen LogP contribution in [0.5, 0.6) is 0 Å². The van der Waals surface area contributed by atoms with Crippen LogP contribution in [0.15, 0.2) is 30.6 Å². The van der Waals surface area contributed by atoms with Gasteiger partial charge in [-0.2, -0.15) is 0 Å². The van der Waals surface area contributed by atoms with Crippen molar-refractivity contribution < 1.29 is 9.90 Å². The van der Waals surface area contributed by atoms with Crippen molar-refractivity contribution in [3.63, 3.8) is 0 Å². The third kappa shape index (κ3) is 2.62. The number of anilines is 1. The van der Waals surface area contributed by atoms with Crippen molar-refractivity contribution in [3.05, 3.63) is 52.4 Å². The first-order valence-corrected chi connectivity index (χ1v) is 7.03. The van der Waals surface area contributed by atoms with Crippen molar-refractivity contribution in [1.82, 2.24) is 15.0 Å². The summed E-state index contributed by atoms with van der Waals surface area (Å²) in [6.45, 7) is 0. The van der Waals surface area contributed by atoms with Gasteiger partial charge in [0.05, 0.1) is 11.9 Å². The zero-order valence-electron chi connectivity index (χ0n) is 12.0. The Hall–Kier alpha value is -2.93. The Morgan fingerprint density at radius 2 is 2.17 bits per heavy atom. The second-order valence-electron chi connectivity index (χ2n) is 4.77. The van der Waals surface area contributed by atoms with Gasteiger partial charge in [-0.3, -0.25) is 5.41 Å². The first-order valence-electron chi connectivity index (χ1n) is 6.65. The summed E-state index contributed by atoms with van der Waals surface area (Å²) in [6, 6.07) is 5.09. The largest absolute Gasteiger partial charge is 0.478 e. The summed E-state index contributed by atoms with van der Waals surface area (Å²) < 4.78 is 0. The van der Waals surface area contributed by atoms with Crippen LogP contribution in [0.1, 0.15) is 21.6 Å². The number of aromatic nitrogens is 3. The number of nitrogens with zero attached hydrogens (tertiary/aromatic N) is 2. The third-order valence-corrected chi connectivity index (χ3v) is 3.62. The van der Waals surface area contributed by atoms with E-state index in [1.807, 2.05) is 0 Å². The second kappa shape index (κ2) is 5.69. The van der Waals surface area contributed by atoms with E-state index in [9.17, 15) is 4.79 Å². The highest BCUT2D eigenvalue weighted by Crippen LogP contribution is 2.23. The maximum absolute atomic E-state index is 11.2. The number of carbonyl (C=O) groups is 1. The fraction of sp³-hybridized carbons (Fsp3) is 0.0667. The lowest BCUT2D eigenvalue weighted by molar-refractivity contribution is 0.0699. The van der Waals surface area contributed by atoms with Crippen molar-refractivity contribution in [1.29, 1.82) is 5.41 Å². The van der Waals surface area contributed by atoms with Gasteiger partial charge in [-0.05, 0) is 18.2 Å². The van der Waals surface area contributed by atoms with Crippen LogP contribution in [0.4, 0.5) is 5.69 Å². The number of aromatic carboxylic acids is 1. The van der Waals surface area contributed by atoms with E-state index in [2.05, 4.69) is 20.3 Å². The number of hydrogen-bond acceptors (Lipinski definition) is 5. The van der Waals surface area contributed by atoms with Crippen LogP contribution in [0.25, 0.3) is 11.2 Å². The molecule has 0 saturated heterocycles. The molecule has 4 N–H and O–H groups in total. The average molecular weight is 330 g/mol. The zero-order chi connectivity index (χ0) is 16.6. The fourth-order valence-electron chi connectivity index (χ4n) is 2.25. The number of carboxylic acids is 1. The van der Waals surface area contributed by atoms with Crippen LogP contribution in [0.2, 0.25) is 5.02 Å². The molecule has 7 nitrogen and oxygen atoms in total. The van der Waals surface area contributed by atoms with Gasteiger partial charge >= 0.3 is 5.97 Å². The molecule has 0 aliphatic rings. The zero-order valence-corrected chi connectivity index (χ0v) is 12.8. The minimum absolute atomic E-state index is 0.0205. The molecule has 0 amide bonds. The van der Waals surface area contributed by atoms with Crippen molar-refractivity contribution >= 4 is 40.1 Å². The van der Waals surface area contributed by atoms with Gasteiger partial charge in [-0.25, -0.2) is 14.8 Å². The van der Waals surface area contributed by atoms with Gasteiger partial charge in [0.15, 0.2) is 5.65 Å². The number of hydrogen-bond donors (Lipinski definition) is 4. The number of halogens is 1. The number of H-pyrrole nitrogens is 1. The highest BCUT2D eigenvalue weighted by Gasteiger charge is 2.17. The molecule has 0 atom stereocenters. The Morgan fingerprint density at radius 1 is 1.39 bits per heavy atom. The van der Waals surface area contributed by atoms with Crippen molar-refractivity contribution in [2.24, 2.45) is 0 Å². The fourth-order valence-corrected chi connectivity index (χ4v) is 2.43. The molecule has 3 rings (SSSR count). The molecule has 0 fully saturated rings. The molecule has 0 aliphatic heterocycles. The van der Waals surface area contributed by atoms with Crippen molar-refractivity contribution in [2.75, 3.05) is 12.4 Å². The smallest absolute Gasteiger partial charge is 0.339 e. The Kier molecular flexibility index (Phi) is 3.71. The van der Waals surface area contributed by atoms with Gasteiger partial charge in [0.1, 0.15) is 16.8 Å². The number of rotatable bonds is 4. The summed E-state index contributed by atoms with van der Waals surface area (Å²) in [5.41, 5.74) is 2.28. The minimum atomic E-state index is -1.10. The third-order valence-electron chi connectivity index (χ3n) is 3.39. The minimum Gasteiger partial charge on any atom is -0.478 e. The van der Waals surface area contributed by atoms with Gasteiger partial charge in [0.2, 0.25) is 0 Å². The van der Waals surface area contributed by atoms with E-state index in [-0.39, 0.29) is 22.5 Å². The Morgan fingerprint density at radius 3 is 2.87 bits per heavy atom. The van der Waals surface area contributed by atoms with Crippen LogP contribution in [-0.2, 0) is 0 Å². The molecule has 8 heteroatoms. The number of fused-ring (bicyclic) bond motifs is 1. The average Bonchev–Trinajstić information content (AvgIpc) is 2.97. The molecule has 0 aliphatic carbocycles. The summed E-state index contributed by atoms with van der Waals surface area (Å²) in [7, 11) is 1.73. The van der Waals surface area contributed by atoms with E-state index in [1.165, 1.54) is 12.4 Å². The first kappa shape index (κ1) is 15.0. The standard InChI is InChI=1S/C15H12ClN5O2/c1-18-10-4-7(16)2-3-8(10)12(17)11-6-20-14-13(21-11)9(5-19-14)15(22)23/h2-6,17-18H,1H3,(H,19,20)(H,22,23). The summed E-state index contributed by atoms with van der Waals surface area (Å²) in [4.78, 5) is 22.4. The summed E-state index contributed by atoms with van der Waals surface area (Å²) >= 11 is 5.96. The monoisotopic (exact) mass is 329 g/mol. The van der Waals surface area contributed by atoms with Gasteiger partial charge in [0, 0.05) is 29.5 Å². The van der Waals surface area contributed by atoms with E-state index in [1.54, 1.807) is 25.2 Å². The molecule has 0 bridgehead atoms. The molecule has 2 aromatic heterocycles. The van der Waals surface area contributed by atoms with Crippen molar-refractivity contribution in [3.8, 4) is 0 Å². The first-order chi connectivity index (χ1) is 11.0. The quantitative estimate of drug-likeness (QED) is 0.549. The predicted molar refractivity (Wildman–Crippen MR) is 87.8 cm³/mol. The van der Waals surface area contributed by atoms with E-state index >= 15 is 0 Å². The van der Waals surface area contributed by atoms with E-state index in [4.69, 9.17) is 22.1 Å². The van der Waals surface area contributed by atoms with E-state index in [0.717, 1.165) is 0 Å². The predicted octanol–water partition coefficient (Wildman–Crippen LogP) is 2.77. The highest BCUT2D eigenvalue weighted by molar-refractivity contribution is 6.31. The lowest BCUT2D eigenvalue weighted by atomic mass is 10.1. The normalized spacial score (nSPS) is 10.7. The maximum Gasteiger partial charge on any atom is 0.339 e. The van der Waals surface area contributed by atoms with Gasteiger partial charge in [-0.1, -0.05) is 11.6 Å². The molecule has 0 spiro atoms. The molecule has 3 aromatic rings. The number of nitrogens with one attached hydrogen (secondary N) is 3. The van der Waals surface area contributed by atoms with Crippen molar-refractivity contribution in [2.45, 2.75) is 0 Å². The molecule has 116 valence electrons. The Labute approximate surface area is 135 Å². The van der Waals surface area contributed by atoms with E-state index in [0.29, 0.717) is 21.9 Å². The summed E-state index contributed by atoms with van der Waals surface area (Å²) in [6.07, 6.45) is 2.77. The molecular formula is C15H12ClN5O2. The number of aromatic amines is 1. The van der Waals surface area contributed by atoms with E-state index < -0.39 is 5.97 Å². The molecule has 0 radical (unpaired) electrons. The number of carboxylic acid groups (broad SMARTS) is 1. The maximum atomic E-state index is 11.2. The van der Waals surface area contributed by atoms with Crippen LogP contribution in [0, 0.1) is 5.41 Å².